The van der Waals surface area contributed by atoms with Gasteiger partial charge in [0.1, 0.15) is 11.4 Å². The number of benzene rings is 1. The van der Waals surface area contributed by atoms with E-state index in [-0.39, 0.29) is 24.8 Å². The first kappa shape index (κ1) is 29.7. The minimum atomic E-state index is -5.30. The highest BCUT2D eigenvalue weighted by Crippen LogP contribution is 2.41. The van der Waals surface area contributed by atoms with E-state index in [1.165, 1.54) is 6.92 Å². The van der Waals surface area contributed by atoms with E-state index in [1.807, 2.05) is 0 Å². The summed E-state index contributed by atoms with van der Waals surface area (Å²) in [6.07, 6.45) is -25.0. The molecular formula is C21H17F12NO2. The van der Waals surface area contributed by atoms with E-state index in [0.717, 1.165) is 7.11 Å². The molecule has 0 aliphatic rings. The van der Waals surface area contributed by atoms with Gasteiger partial charge in [0.2, 0.25) is 0 Å². The fourth-order valence-electron chi connectivity index (χ4n) is 3.26. The molecule has 1 aromatic carbocycles. The van der Waals surface area contributed by atoms with Crippen LogP contribution in [0.25, 0.3) is 0 Å². The van der Waals surface area contributed by atoms with E-state index in [4.69, 9.17) is 9.47 Å². The van der Waals surface area contributed by atoms with Gasteiger partial charge < -0.3 is 9.47 Å². The highest BCUT2D eigenvalue weighted by Gasteiger charge is 2.41. The first-order chi connectivity index (χ1) is 16.3. The quantitative estimate of drug-likeness (QED) is 0.332. The molecule has 0 spiro atoms. The van der Waals surface area contributed by atoms with Crippen molar-refractivity contribution in [1.29, 1.82) is 0 Å². The zero-order chi connectivity index (χ0) is 27.7. The Morgan fingerprint density at radius 3 is 1.39 bits per heavy atom. The molecule has 2 unspecified atom stereocenters. The summed E-state index contributed by atoms with van der Waals surface area (Å²) in [5.41, 5.74) is -8.54. The van der Waals surface area contributed by atoms with Crippen molar-refractivity contribution in [2.75, 3.05) is 13.7 Å². The van der Waals surface area contributed by atoms with Crippen molar-refractivity contribution in [1.82, 2.24) is 4.98 Å². The Bertz CT molecular complexity index is 977. The number of methoxy groups -OCH3 is 1. The molecule has 0 bridgehead atoms. The third-order valence-corrected chi connectivity index (χ3v) is 4.86. The molecule has 0 radical (unpaired) electrons. The molecule has 1 heterocycles. The van der Waals surface area contributed by atoms with Gasteiger partial charge in [-0.1, -0.05) is 0 Å². The second-order valence-electron chi connectivity index (χ2n) is 7.41. The summed E-state index contributed by atoms with van der Waals surface area (Å²) >= 11 is 0. The fraction of sp³-hybridized carbons (Fsp3) is 0.476. The summed E-state index contributed by atoms with van der Waals surface area (Å²) in [4.78, 5) is 2.57. The predicted octanol–water partition coefficient (Wildman–Crippen LogP) is 8.01. The number of halogens is 12. The van der Waals surface area contributed by atoms with Gasteiger partial charge in [-0.2, -0.15) is 52.7 Å². The van der Waals surface area contributed by atoms with E-state index in [1.54, 1.807) is 0 Å². The van der Waals surface area contributed by atoms with Crippen LogP contribution in [-0.2, 0) is 34.2 Å². The average molecular weight is 543 g/mol. The van der Waals surface area contributed by atoms with Crippen LogP contribution < -0.4 is 0 Å². The summed E-state index contributed by atoms with van der Waals surface area (Å²) in [5.74, 6) is 0. The van der Waals surface area contributed by atoms with E-state index in [9.17, 15) is 52.7 Å². The lowest BCUT2D eigenvalue weighted by molar-refractivity contribution is -0.150. The van der Waals surface area contributed by atoms with E-state index in [0.29, 0.717) is 12.1 Å². The second-order valence-corrected chi connectivity index (χ2v) is 7.41. The highest BCUT2D eigenvalue weighted by molar-refractivity contribution is 5.35. The first-order valence-electron chi connectivity index (χ1n) is 9.87. The molecule has 0 saturated carbocycles. The Hall–Kier alpha value is -2.55. The Morgan fingerprint density at radius 1 is 0.639 bits per heavy atom. The summed E-state index contributed by atoms with van der Waals surface area (Å²) in [5, 5.41) is 0. The number of pyridine rings is 1. The number of alkyl halides is 12. The van der Waals surface area contributed by atoms with Crippen molar-refractivity contribution in [2.24, 2.45) is 0 Å². The van der Waals surface area contributed by atoms with Crippen molar-refractivity contribution >= 4 is 0 Å². The van der Waals surface area contributed by atoms with Gasteiger partial charge in [-0.3, -0.25) is 0 Å². The highest BCUT2D eigenvalue weighted by atomic mass is 19.4. The van der Waals surface area contributed by atoms with Gasteiger partial charge in [0.15, 0.2) is 0 Å². The third-order valence-electron chi connectivity index (χ3n) is 4.86. The smallest absolute Gasteiger partial charge is 0.377 e. The zero-order valence-electron chi connectivity index (χ0n) is 18.3. The van der Waals surface area contributed by atoms with E-state index >= 15 is 0 Å². The van der Waals surface area contributed by atoms with Crippen molar-refractivity contribution in [3.63, 3.8) is 0 Å². The van der Waals surface area contributed by atoms with Crippen molar-refractivity contribution in [3.8, 4) is 0 Å². The van der Waals surface area contributed by atoms with Crippen molar-refractivity contribution in [3.05, 3.63) is 64.0 Å². The van der Waals surface area contributed by atoms with Crippen LogP contribution in [0.1, 0.15) is 59.2 Å². The topological polar surface area (TPSA) is 31.4 Å². The Labute approximate surface area is 196 Å². The van der Waals surface area contributed by atoms with Crippen LogP contribution in [0.15, 0.2) is 30.3 Å². The van der Waals surface area contributed by atoms with Gasteiger partial charge in [-0.25, -0.2) is 4.98 Å². The normalized spacial score (nSPS) is 15.2. The maximum Gasteiger partial charge on any atom is 0.433 e. The number of ether oxygens (including phenoxy) is 2. The average Bonchev–Trinajstić information content (AvgIpc) is 2.73. The molecule has 0 N–H and O–H groups in total. The summed E-state index contributed by atoms with van der Waals surface area (Å²) in [7, 11) is 0.899. The lowest BCUT2D eigenvalue weighted by Gasteiger charge is -2.26. The first-order valence-corrected chi connectivity index (χ1v) is 9.87. The van der Waals surface area contributed by atoms with Crippen LogP contribution in [0.5, 0.6) is 0 Å². The van der Waals surface area contributed by atoms with Crippen LogP contribution in [-0.4, -0.2) is 18.7 Å². The lowest BCUT2D eigenvalue weighted by atomic mass is 9.95. The van der Waals surface area contributed by atoms with Gasteiger partial charge >= 0.3 is 24.7 Å². The molecule has 0 amide bonds. The molecule has 202 valence electrons. The van der Waals surface area contributed by atoms with Crippen LogP contribution in [0.3, 0.4) is 0 Å². The molecule has 36 heavy (non-hydrogen) atoms. The zero-order valence-corrected chi connectivity index (χ0v) is 18.3. The number of aromatic nitrogens is 1. The van der Waals surface area contributed by atoms with Gasteiger partial charge in [0.05, 0.1) is 23.3 Å². The number of hydrogen-bond acceptors (Lipinski definition) is 3. The second kappa shape index (κ2) is 10.4. The maximum absolute atomic E-state index is 13.2. The summed E-state index contributed by atoms with van der Waals surface area (Å²) in [6, 6.07) is 1.08. The van der Waals surface area contributed by atoms with E-state index < -0.39 is 77.0 Å². The molecule has 0 aliphatic heterocycles. The molecular weight excluding hydrogens is 526 g/mol. The molecule has 0 saturated heterocycles. The molecule has 0 aliphatic carbocycles. The van der Waals surface area contributed by atoms with Gasteiger partial charge in [0.25, 0.3) is 0 Å². The fourth-order valence-corrected chi connectivity index (χ4v) is 3.26. The van der Waals surface area contributed by atoms with Crippen molar-refractivity contribution < 1.29 is 62.2 Å². The lowest BCUT2D eigenvalue weighted by Crippen LogP contribution is -2.19. The van der Waals surface area contributed by atoms with Crippen LogP contribution >= 0.6 is 0 Å². The van der Waals surface area contributed by atoms with Crippen LogP contribution in [0.2, 0.25) is 0 Å². The molecule has 15 heteroatoms. The number of nitrogens with zero attached hydrogens (tertiary/aromatic N) is 1. The van der Waals surface area contributed by atoms with Crippen LogP contribution in [0, 0.1) is 0 Å². The Balaban J connectivity index is 2.62. The Morgan fingerprint density at radius 2 is 1.06 bits per heavy atom. The molecule has 2 rings (SSSR count). The molecule has 3 nitrogen and oxygen atoms in total. The Kier molecular flexibility index (Phi) is 8.61. The SMILES string of the molecule is CCOC(CC(OC)c1cc(C(F)(F)F)cc(C(F)(F)F)c1)c1cc(C(F)(F)F)nc(C(F)(F)F)c1. The van der Waals surface area contributed by atoms with E-state index in [2.05, 4.69) is 4.98 Å². The number of rotatable bonds is 7. The molecule has 2 atom stereocenters. The van der Waals surface area contributed by atoms with Gasteiger partial charge in [0, 0.05) is 20.1 Å². The van der Waals surface area contributed by atoms with Gasteiger partial charge in [-0.05, 0) is 48.4 Å². The minimum absolute atomic E-state index is 0.135. The summed E-state index contributed by atoms with van der Waals surface area (Å²) in [6.45, 7) is 1.06. The number of hydrogen-bond donors (Lipinski definition) is 0. The molecule has 2 aromatic rings. The largest absolute Gasteiger partial charge is 0.433 e. The monoisotopic (exact) mass is 543 g/mol. The molecule has 1 aromatic heterocycles. The standard InChI is InChI=1S/C21H17F12NO2/c1-3-36-15(11-6-16(20(28,29)30)34-17(7-11)21(31,32)33)9-14(35-2)10-4-12(18(22,23)24)8-13(5-10)19(25,26)27/h4-8,14-15H,3,9H2,1-2H3. The summed E-state index contributed by atoms with van der Waals surface area (Å²) < 4.78 is 169. The maximum atomic E-state index is 13.2. The molecule has 0 fully saturated rings. The minimum Gasteiger partial charge on any atom is -0.377 e. The van der Waals surface area contributed by atoms with Gasteiger partial charge in [-0.15, -0.1) is 0 Å². The van der Waals surface area contributed by atoms with Crippen molar-refractivity contribution in [2.45, 2.75) is 50.3 Å². The predicted molar refractivity (Wildman–Crippen MR) is 99.4 cm³/mol. The van der Waals surface area contributed by atoms with Crippen LogP contribution in [0.4, 0.5) is 52.7 Å². The third kappa shape index (κ3) is 7.48.